The third kappa shape index (κ3) is 4.49. The van der Waals surface area contributed by atoms with Gasteiger partial charge >= 0.3 is 0 Å². The lowest BCUT2D eigenvalue weighted by Gasteiger charge is -2.35. The van der Waals surface area contributed by atoms with Crippen LogP contribution in [0.4, 0.5) is 5.69 Å². The molecule has 1 fully saturated rings. The maximum atomic E-state index is 12.6. The highest BCUT2D eigenvalue weighted by atomic mass is 35.5. The summed E-state index contributed by atoms with van der Waals surface area (Å²) in [4.78, 5) is 41.6. The van der Waals surface area contributed by atoms with Crippen LogP contribution < -0.4 is 4.90 Å². The van der Waals surface area contributed by atoms with E-state index in [1.807, 2.05) is 0 Å². The highest BCUT2D eigenvalue weighted by Crippen LogP contribution is 2.19. The smallest absolute Gasteiger partial charge is 0.289 e. The molecule has 0 N–H and O–H groups in total. The summed E-state index contributed by atoms with van der Waals surface area (Å²) in [6.07, 6.45) is 1.46. The predicted octanol–water partition coefficient (Wildman–Crippen LogP) is 2.27. The maximum Gasteiger partial charge on any atom is 0.289 e. The minimum Gasteiger partial charge on any atom is -0.459 e. The lowest BCUT2D eigenvalue weighted by atomic mass is 10.2. The second kappa shape index (κ2) is 8.26. The van der Waals surface area contributed by atoms with E-state index in [-0.39, 0.29) is 24.3 Å². The summed E-state index contributed by atoms with van der Waals surface area (Å²) in [5.74, 6) is -0.276. The highest BCUT2D eigenvalue weighted by molar-refractivity contribution is 6.30. The topological polar surface area (TPSA) is 74.1 Å². The molecule has 0 aliphatic carbocycles. The minimum atomic E-state index is -0.225. The zero-order valence-corrected chi connectivity index (χ0v) is 15.7. The summed E-state index contributed by atoms with van der Waals surface area (Å²) in [6.45, 7) is 3.04. The standard InChI is InChI=1S/C19H20ClN3O4/c1-14(24)23(16-6-4-15(20)5-7-16)13-18(25)21-8-10-22(11-9-21)19(26)17-3-2-12-27-17/h2-7,12H,8-11,13H2,1H3. The molecule has 3 rings (SSSR count). The van der Waals surface area contributed by atoms with E-state index in [9.17, 15) is 14.4 Å². The van der Waals surface area contributed by atoms with E-state index < -0.39 is 0 Å². The summed E-state index contributed by atoms with van der Waals surface area (Å²) in [5.41, 5.74) is 0.617. The molecular weight excluding hydrogens is 370 g/mol. The van der Waals surface area contributed by atoms with Crippen LogP contribution in [0.2, 0.25) is 5.02 Å². The first-order valence-electron chi connectivity index (χ1n) is 8.60. The number of furan rings is 1. The first-order valence-corrected chi connectivity index (χ1v) is 8.97. The van der Waals surface area contributed by atoms with Crippen molar-refractivity contribution in [3.63, 3.8) is 0 Å². The van der Waals surface area contributed by atoms with E-state index in [0.29, 0.717) is 42.6 Å². The molecule has 1 saturated heterocycles. The molecule has 0 saturated carbocycles. The summed E-state index contributed by atoms with van der Waals surface area (Å²) in [5, 5.41) is 0.561. The average molecular weight is 390 g/mol. The molecule has 0 radical (unpaired) electrons. The van der Waals surface area contributed by atoms with E-state index >= 15 is 0 Å². The lowest BCUT2D eigenvalue weighted by molar-refractivity contribution is -0.132. The fraction of sp³-hybridized carbons (Fsp3) is 0.316. The number of carbonyl (C=O) groups is 3. The number of benzene rings is 1. The molecule has 3 amide bonds. The molecule has 0 spiro atoms. The van der Waals surface area contributed by atoms with Gasteiger partial charge in [-0.3, -0.25) is 14.4 Å². The Morgan fingerprint density at radius 2 is 1.67 bits per heavy atom. The quantitative estimate of drug-likeness (QED) is 0.804. The molecule has 0 atom stereocenters. The van der Waals surface area contributed by atoms with Gasteiger partial charge < -0.3 is 19.1 Å². The number of hydrogen-bond acceptors (Lipinski definition) is 4. The Balaban J connectivity index is 1.59. The van der Waals surface area contributed by atoms with Gasteiger partial charge in [-0.1, -0.05) is 11.6 Å². The highest BCUT2D eigenvalue weighted by Gasteiger charge is 2.27. The number of anilines is 1. The van der Waals surface area contributed by atoms with Crippen molar-refractivity contribution in [3.8, 4) is 0 Å². The minimum absolute atomic E-state index is 0.0525. The zero-order chi connectivity index (χ0) is 19.4. The molecule has 0 unspecified atom stereocenters. The van der Waals surface area contributed by atoms with Crippen LogP contribution in [0.15, 0.2) is 47.1 Å². The number of halogens is 1. The average Bonchev–Trinajstić information content (AvgIpc) is 3.21. The molecule has 1 aromatic carbocycles. The number of rotatable bonds is 4. The van der Waals surface area contributed by atoms with Gasteiger partial charge in [0, 0.05) is 43.8 Å². The Morgan fingerprint density at radius 1 is 1.04 bits per heavy atom. The lowest BCUT2D eigenvalue weighted by Crippen LogP contribution is -2.53. The normalized spacial score (nSPS) is 14.1. The number of amides is 3. The van der Waals surface area contributed by atoms with Crippen LogP contribution in [0.3, 0.4) is 0 Å². The van der Waals surface area contributed by atoms with Crippen LogP contribution in [0.5, 0.6) is 0 Å². The molecule has 1 aliphatic heterocycles. The third-order valence-electron chi connectivity index (χ3n) is 4.46. The van der Waals surface area contributed by atoms with Gasteiger partial charge in [0.25, 0.3) is 5.91 Å². The van der Waals surface area contributed by atoms with Crippen molar-refractivity contribution in [3.05, 3.63) is 53.4 Å². The fourth-order valence-electron chi connectivity index (χ4n) is 2.96. The van der Waals surface area contributed by atoms with Gasteiger partial charge in [-0.2, -0.15) is 0 Å². The second-order valence-electron chi connectivity index (χ2n) is 6.23. The van der Waals surface area contributed by atoms with E-state index in [1.165, 1.54) is 18.1 Å². The monoisotopic (exact) mass is 389 g/mol. The fourth-order valence-corrected chi connectivity index (χ4v) is 3.08. The van der Waals surface area contributed by atoms with Gasteiger partial charge in [-0.25, -0.2) is 0 Å². The van der Waals surface area contributed by atoms with Crippen molar-refractivity contribution in [1.82, 2.24) is 9.80 Å². The Bertz CT molecular complexity index is 812. The number of carbonyl (C=O) groups excluding carboxylic acids is 3. The number of hydrogen-bond donors (Lipinski definition) is 0. The predicted molar refractivity (Wildman–Crippen MR) is 101 cm³/mol. The van der Waals surface area contributed by atoms with Gasteiger partial charge in [0.15, 0.2) is 5.76 Å². The molecule has 27 heavy (non-hydrogen) atoms. The summed E-state index contributed by atoms with van der Waals surface area (Å²) in [6, 6.07) is 10.1. The molecule has 0 bridgehead atoms. The van der Waals surface area contributed by atoms with Crippen LogP contribution in [-0.4, -0.2) is 60.2 Å². The Kier molecular flexibility index (Phi) is 5.81. The van der Waals surface area contributed by atoms with Crippen molar-refractivity contribution >= 4 is 35.0 Å². The molecular formula is C19H20ClN3O4. The van der Waals surface area contributed by atoms with E-state index in [1.54, 1.807) is 46.2 Å². The van der Waals surface area contributed by atoms with Crippen molar-refractivity contribution in [2.75, 3.05) is 37.6 Å². The van der Waals surface area contributed by atoms with Crippen molar-refractivity contribution in [2.45, 2.75) is 6.92 Å². The summed E-state index contributed by atoms with van der Waals surface area (Å²) >= 11 is 5.88. The Labute approximate surface area is 162 Å². The van der Waals surface area contributed by atoms with Crippen LogP contribution in [-0.2, 0) is 9.59 Å². The molecule has 8 heteroatoms. The molecule has 1 aliphatic rings. The SMILES string of the molecule is CC(=O)N(CC(=O)N1CCN(C(=O)c2ccco2)CC1)c1ccc(Cl)cc1. The molecule has 7 nitrogen and oxygen atoms in total. The first-order chi connectivity index (χ1) is 13.0. The Hall–Kier alpha value is -2.80. The maximum absolute atomic E-state index is 12.6. The van der Waals surface area contributed by atoms with Crippen molar-refractivity contribution in [2.24, 2.45) is 0 Å². The van der Waals surface area contributed by atoms with Gasteiger partial charge in [0.05, 0.1) is 6.26 Å². The molecule has 142 valence electrons. The molecule has 2 heterocycles. The van der Waals surface area contributed by atoms with E-state index in [4.69, 9.17) is 16.0 Å². The van der Waals surface area contributed by atoms with E-state index in [0.717, 1.165) is 0 Å². The van der Waals surface area contributed by atoms with Crippen LogP contribution >= 0.6 is 11.6 Å². The molecule has 1 aromatic heterocycles. The van der Waals surface area contributed by atoms with Crippen LogP contribution in [0, 0.1) is 0 Å². The van der Waals surface area contributed by atoms with Gasteiger partial charge in [-0.15, -0.1) is 0 Å². The second-order valence-corrected chi connectivity index (χ2v) is 6.67. The summed E-state index contributed by atoms with van der Waals surface area (Å²) < 4.78 is 5.13. The van der Waals surface area contributed by atoms with Crippen LogP contribution in [0.1, 0.15) is 17.5 Å². The number of piperazine rings is 1. The number of nitrogens with zero attached hydrogens (tertiary/aromatic N) is 3. The van der Waals surface area contributed by atoms with Crippen molar-refractivity contribution in [1.29, 1.82) is 0 Å². The van der Waals surface area contributed by atoms with E-state index in [2.05, 4.69) is 0 Å². The van der Waals surface area contributed by atoms with Gasteiger partial charge in [-0.05, 0) is 36.4 Å². The third-order valence-corrected chi connectivity index (χ3v) is 4.72. The van der Waals surface area contributed by atoms with Crippen molar-refractivity contribution < 1.29 is 18.8 Å². The van der Waals surface area contributed by atoms with Gasteiger partial charge in [0.2, 0.25) is 11.8 Å². The first kappa shape index (κ1) is 19.0. The summed E-state index contributed by atoms with van der Waals surface area (Å²) in [7, 11) is 0. The largest absolute Gasteiger partial charge is 0.459 e. The van der Waals surface area contributed by atoms with Gasteiger partial charge in [0.1, 0.15) is 6.54 Å². The molecule has 2 aromatic rings. The van der Waals surface area contributed by atoms with Crippen LogP contribution in [0.25, 0.3) is 0 Å². The zero-order valence-electron chi connectivity index (χ0n) is 14.9. The Morgan fingerprint density at radius 3 is 2.22 bits per heavy atom.